The van der Waals surface area contributed by atoms with Crippen LogP contribution in [0.25, 0.3) is 0 Å². The highest BCUT2D eigenvalue weighted by atomic mass is 32.2. The third-order valence-electron chi connectivity index (χ3n) is 2.27. The number of nitrogens with zero attached hydrogens (tertiary/aromatic N) is 5. The molecule has 2 aromatic rings. The number of nitriles is 1. The molecule has 2 rings (SSSR count). The van der Waals surface area contributed by atoms with E-state index in [9.17, 15) is 0 Å². The molecule has 0 fully saturated rings. The van der Waals surface area contributed by atoms with E-state index >= 15 is 0 Å². The van der Waals surface area contributed by atoms with Gasteiger partial charge in [-0.15, -0.1) is 5.10 Å². The maximum atomic E-state index is 9.13. The fourth-order valence-electron chi connectivity index (χ4n) is 1.23. The van der Waals surface area contributed by atoms with Crippen molar-refractivity contribution >= 4 is 11.8 Å². The van der Waals surface area contributed by atoms with Crippen LogP contribution in [0, 0.1) is 25.2 Å². The second-order valence-electron chi connectivity index (χ2n) is 3.35. The van der Waals surface area contributed by atoms with Crippen LogP contribution in [0.15, 0.2) is 28.6 Å². The van der Waals surface area contributed by atoms with Crippen LogP contribution in [0.1, 0.15) is 16.8 Å². The van der Waals surface area contributed by atoms with Gasteiger partial charge in [0, 0.05) is 12.4 Å². The highest BCUT2D eigenvalue weighted by Crippen LogP contribution is 2.27. The summed E-state index contributed by atoms with van der Waals surface area (Å²) in [6.07, 6.45) is 4.83. The summed E-state index contributed by atoms with van der Waals surface area (Å²) in [4.78, 5) is 8.09. The molecule has 0 radical (unpaired) electrons. The summed E-state index contributed by atoms with van der Waals surface area (Å²) in [5, 5.41) is 18.4. The first kappa shape index (κ1) is 11.5. The van der Waals surface area contributed by atoms with Crippen LogP contribution in [0.4, 0.5) is 0 Å². The quantitative estimate of drug-likeness (QED) is 0.802. The molecule has 0 atom stereocenters. The van der Waals surface area contributed by atoms with Crippen molar-refractivity contribution in [3.63, 3.8) is 0 Å². The Balaban J connectivity index is 2.41. The summed E-state index contributed by atoms with van der Waals surface area (Å²) < 4.78 is 0. The van der Waals surface area contributed by atoms with E-state index in [-0.39, 0.29) is 0 Å². The monoisotopic (exact) mass is 243 g/mol. The number of hydrogen-bond acceptors (Lipinski definition) is 6. The van der Waals surface area contributed by atoms with Crippen LogP contribution in [-0.4, -0.2) is 20.2 Å². The summed E-state index contributed by atoms with van der Waals surface area (Å²) in [6, 6.07) is 2.15. The molecular formula is C11H9N5S. The van der Waals surface area contributed by atoms with Crippen LogP contribution in [-0.2, 0) is 0 Å². The molecule has 17 heavy (non-hydrogen) atoms. The maximum Gasteiger partial charge on any atom is 0.143 e. The minimum atomic E-state index is 0.549. The SMILES string of the molecule is Cc1nnc(Sc2cnccn2)c(C#N)c1C. The van der Waals surface area contributed by atoms with Gasteiger partial charge in [-0.2, -0.15) is 10.4 Å². The summed E-state index contributed by atoms with van der Waals surface area (Å²) in [6.45, 7) is 3.70. The van der Waals surface area contributed by atoms with Crippen molar-refractivity contribution in [2.75, 3.05) is 0 Å². The van der Waals surface area contributed by atoms with Gasteiger partial charge in [0.1, 0.15) is 16.1 Å². The lowest BCUT2D eigenvalue weighted by atomic mass is 10.1. The molecule has 0 N–H and O–H groups in total. The molecule has 0 amide bonds. The van der Waals surface area contributed by atoms with E-state index in [1.807, 2.05) is 13.8 Å². The third kappa shape index (κ3) is 2.40. The zero-order chi connectivity index (χ0) is 12.3. The average molecular weight is 243 g/mol. The van der Waals surface area contributed by atoms with Gasteiger partial charge >= 0.3 is 0 Å². The summed E-state index contributed by atoms with van der Waals surface area (Å²) >= 11 is 1.29. The van der Waals surface area contributed by atoms with Gasteiger partial charge in [0.05, 0.1) is 17.5 Å². The average Bonchev–Trinajstić information content (AvgIpc) is 2.36. The Bertz CT molecular complexity index is 576. The van der Waals surface area contributed by atoms with E-state index < -0.39 is 0 Å². The molecule has 0 unspecified atom stereocenters. The van der Waals surface area contributed by atoms with Crippen molar-refractivity contribution in [1.29, 1.82) is 5.26 Å². The molecule has 0 aliphatic heterocycles. The first-order chi connectivity index (χ1) is 8.22. The van der Waals surface area contributed by atoms with Crippen molar-refractivity contribution in [2.24, 2.45) is 0 Å². The summed E-state index contributed by atoms with van der Waals surface area (Å²) in [7, 11) is 0. The molecule has 84 valence electrons. The predicted octanol–water partition coefficient (Wildman–Crippen LogP) is 1.91. The van der Waals surface area contributed by atoms with E-state index in [1.54, 1.807) is 18.6 Å². The Morgan fingerprint density at radius 2 is 2.06 bits per heavy atom. The third-order valence-corrected chi connectivity index (χ3v) is 3.17. The fraction of sp³-hybridized carbons (Fsp3) is 0.182. The van der Waals surface area contributed by atoms with Gasteiger partial charge in [0.25, 0.3) is 0 Å². The molecule has 2 heterocycles. The number of aryl methyl sites for hydroxylation is 1. The second-order valence-corrected chi connectivity index (χ2v) is 4.36. The van der Waals surface area contributed by atoms with E-state index in [1.165, 1.54) is 11.8 Å². The molecule has 0 aliphatic rings. The molecule has 5 nitrogen and oxygen atoms in total. The van der Waals surface area contributed by atoms with Gasteiger partial charge < -0.3 is 0 Å². The molecular weight excluding hydrogens is 234 g/mol. The Kier molecular flexibility index (Phi) is 3.30. The Labute approximate surface area is 103 Å². The van der Waals surface area contributed by atoms with E-state index in [2.05, 4.69) is 26.2 Å². The normalized spacial score (nSPS) is 9.94. The van der Waals surface area contributed by atoms with Crippen molar-refractivity contribution in [2.45, 2.75) is 23.9 Å². The smallest absolute Gasteiger partial charge is 0.143 e. The zero-order valence-corrected chi connectivity index (χ0v) is 10.2. The standard InChI is InChI=1S/C11H9N5S/c1-7-8(2)15-16-11(9(7)5-12)17-10-6-13-3-4-14-10/h3-4,6H,1-2H3. The van der Waals surface area contributed by atoms with Crippen LogP contribution in [0.5, 0.6) is 0 Å². The molecule has 0 bridgehead atoms. The number of rotatable bonds is 2. The lowest BCUT2D eigenvalue weighted by Crippen LogP contribution is -1.99. The van der Waals surface area contributed by atoms with E-state index in [4.69, 9.17) is 5.26 Å². The fourth-order valence-corrected chi connectivity index (χ4v) is 2.03. The molecule has 0 saturated carbocycles. The van der Waals surface area contributed by atoms with E-state index in [0.717, 1.165) is 11.3 Å². The van der Waals surface area contributed by atoms with Crippen LogP contribution >= 0.6 is 11.8 Å². The number of aromatic nitrogens is 4. The molecule has 0 aliphatic carbocycles. The minimum Gasteiger partial charge on any atom is -0.260 e. The van der Waals surface area contributed by atoms with Crippen LogP contribution < -0.4 is 0 Å². The Morgan fingerprint density at radius 1 is 1.24 bits per heavy atom. The van der Waals surface area contributed by atoms with Crippen molar-refractivity contribution in [3.8, 4) is 6.07 Å². The van der Waals surface area contributed by atoms with Gasteiger partial charge in [-0.25, -0.2) is 4.98 Å². The highest BCUT2D eigenvalue weighted by molar-refractivity contribution is 7.99. The molecule has 0 aromatic carbocycles. The molecule has 0 spiro atoms. The van der Waals surface area contributed by atoms with Crippen LogP contribution in [0.3, 0.4) is 0 Å². The highest BCUT2D eigenvalue weighted by Gasteiger charge is 2.12. The largest absolute Gasteiger partial charge is 0.260 e. The van der Waals surface area contributed by atoms with Gasteiger partial charge in [0.2, 0.25) is 0 Å². The van der Waals surface area contributed by atoms with Crippen molar-refractivity contribution in [3.05, 3.63) is 35.4 Å². The minimum absolute atomic E-state index is 0.549. The lowest BCUT2D eigenvalue weighted by Gasteiger charge is -2.05. The zero-order valence-electron chi connectivity index (χ0n) is 9.38. The van der Waals surface area contributed by atoms with Crippen molar-refractivity contribution < 1.29 is 0 Å². The molecule has 6 heteroatoms. The maximum absolute atomic E-state index is 9.13. The topological polar surface area (TPSA) is 75.3 Å². The Morgan fingerprint density at radius 3 is 2.71 bits per heavy atom. The van der Waals surface area contributed by atoms with Gasteiger partial charge in [-0.1, -0.05) is 0 Å². The van der Waals surface area contributed by atoms with Gasteiger partial charge in [-0.05, 0) is 31.2 Å². The molecule has 0 saturated heterocycles. The summed E-state index contributed by atoms with van der Waals surface area (Å²) in [5.41, 5.74) is 2.17. The van der Waals surface area contributed by atoms with E-state index in [0.29, 0.717) is 15.6 Å². The van der Waals surface area contributed by atoms with Gasteiger partial charge in [0.15, 0.2) is 0 Å². The number of hydrogen-bond donors (Lipinski definition) is 0. The second kappa shape index (κ2) is 4.89. The Hall–Kier alpha value is -2.00. The van der Waals surface area contributed by atoms with Crippen LogP contribution in [0.2, 0.25) is 0 Å². The first-order valence-electron chi connectivity index (χ1n) is 4.90. The first-order valence-corrected chi connectivity index (χ1v) is 5.72. The van der Waals surface area contributed by atoms with Gasteiger partial charge in [-0.3, -0.25) is 4.98 Å². The van der Waals surface area contributed by atoms with Crippen molar-refractivity contribution in [1.82, 2.24) is 20.2 Å². The summed E-state index contributed by atoms with van der Waals surface area (Å²) in [5.74, 6) is 0. The molecule has 2 aromatic heterocycles. The lowest BCUT2D eigenvalue weighted by molar-refractivity contribution is 0.868. The predicted molar refractivity (Wildman–Crippen MR) is 62.4 cm³/mol.